The van der Waals surface area contributed by atoms with Crippen LogP contribution in [0.2, 0.25) is 0 Å². The van der Waals surface area contributed by atoms with Crippen molar-refractivity contribution in [3.63, 3.8) is 0 Å². The minimum Gasteiger partial charge on any atom is -0.507 e. The Kier molecular flexibility index (Phi) is 5.05. The second kappa shape index (κ2) is 8.06. The lowest BCUT2D eigenvalue weighted by atomic mass is 9.91. The molecule has 0 radical (unpaired) electrons. The Bertz CT molecular complexity index is 1420. The Labute approximate surface area is 189 Å². The van der Waals surface area contributed by atoms with E-state index >= 15 is 0 Å². The predicted molar refractivity (Wildman–Crippen MR) is 122 cm³/mol. The maximum absolute atomic E-state index is 13.8. The smallest absolute Gasteiger partial charge is 0.296 e. The first-order valence-corrected chi connectivity index (χ1v) is 10.5. The number of likely N-dealkylation sites (tertiary alicyclic amines) is 1. The van der Waals surface area contributed by atoms with Gasteiger partial charge in [-0.1, -0.05) is 42.5 Å². The topological polar surface area (TPSA) is 70.8 Å². The van der Waals surface area contributed by atoms with Gasteiger partial charge in [-0.2, -0.15) is 0 Å². The maximum Gasteiger partial charge on any atom is 0.296 e. The van der Waals surface area contributed by atoms with E-state index in [-0.39, 0.29) is 23.4 Å². The van der Waals surface area contributed by atoms with Crippen molar-refractivity contribution in [1.82, 2.24) is 4.90 Å². The number of Topliss-reactive ketones (excluding diaryl/α,β-unsaturated/α-hetero) is 1. The van der Waals surface area contributed by atoms with E-state index in [1.165, 1.54) is 29.4 Å². The van der Waals surface area contributed by atoms with Crippen molar-refractivity contribution in [2.24, 2.45) is 0 Å². The van der Waals surface area contributed by atoms with Gasteiger partial charge in [-0.3, -0.25) is 9.59 Å². The molecular weight excluding hydrogens is 421 g/mol. The number of amides is 1. The van der Waals surface area contributed by atoms with E-state index in [1.54, 1.807) is 19.1 Å². The number of furan rings is 1. The number of hydrogen-bond acceptors (Lipinski definition) is 4. The summed E-state index contributed by atoms with van der Waals surface area (Å²) in [6, 6.07) is 20.0. The summed E-state index contributed by atoms with van der Waals surface area (Å²) in [5, 5.41) is 13.0. The summed E-state index contributed by atoms with van der Waals surface area (Å²) in [4.78, 5) is 27.8. The van der Waals surface area contributed by atoms with Crippen LogP contribution in [0.4, 0.5) is 4.39 Å². The van der Waals surface area contributed by atoms with Crippen LogP contribution in [0.25, 0.3) is 16.5 Å². The van der Waals surface area contributed by atoms with Gasteiger partial charge in [0, 0.05) is 5.56 Å². The average Bonchev–Trinajstić information content (AvgIpc) is 3.42. The monoisotopic (exact) mass is 441 g/mol. The third kappa shape index (κ3) is 3.49. The van der Waals surface area contributed by atoms with Crippen LogP contribution in [-0.2, 0) is 16.1 Å². The first-order chi connectivity index (χ1) is 16.0. The lowest BCUT2D eigenvalue weighted by Crippen LogP contribution is -2.29. The van der Waals surface area contributed by atoms with Crippen LogP contribution in [0.3, 0.4) is 0 Å². The molecule has 0 bridgehead atoms. The van der Waals surface area contributed by atoms with Gasteiger partial charge in [0.1, 0.15) is 17.3 Å². The zero-order chi connectivity index (χ0) is 23.1. The molecule has 4 aromatic rings. The second-order valence-electron chi connectivity index (χ2n) is 8.04. The van der Waals surface area contributed by atoms with Gasteiger partial charge in [-0.15, -0.1) is 0 Å². The van der Waals surface area contributed by atoms with E-state index in [0.29, 0.717) is 16.9 Å². The average molecular weight is 441 g/mol. The molecule has 0 saturated carbocycles. The molecule has 1 N–H and O–H groups in total. The van der Waals surface area contributed by atoms with Crippen LogP contribution < -0.4 is 0 Å². The Morgan fingerprint density at radius 2 is 1.82 bits per heavy atom. The lowest BCUT2D eigenvalue weighted by Gasteiger charge is -2.25. The van der Waals surface area contributed by atoms with E-state index in [1.807, 2.05) is 42.5 Å². The number of rotatable bonds is 4. The highest BCUT2D eigenvalue weighted by Crippen LogP contribution is 2.42. The number of ketones is 1. The van der Waals surface area contributed by atoms with E-state index < -0.39 is 23.5 Å². The Balaban J connectivity index is 1.75. The van der Waals surface area contributed by atoms with Crippen molar-refractivity contribution in [1.29, 1.82) is 0 Å². The van der Waals surface area contributed by atoms with Gasteiger partial charge in [0.25, 0.3) is 11.7 Å². The quantitative estimate of drug-likeness (QED) is 0.258. The molecule has 0 aliphatic carbocycles. The molecule has 1 aliphatic heterocycles. The summed E-state index contributed by atoms with van der Waals surface area (Å²) >= 11 is 0. The number of fused-ring (bicyclic) bond motifs is 1. The first kappa shape index (κ1) is 20.7. The van der Waals surface area contributed by atoms with Crippen molar-refractivity contribution in [2.45, 2.75) is 19.5 Å². The first-order valence-electron chi connectivity index (χ1n) is 10.5. The van der Waals surface area contributed by atoms with Gasteiger partial charge >= 0.3 is 0 Å². The van der Waals surface area contributed by atoms with Gasteiger partial charge in [0.2, 0.25) is 0 Å². The summed E-state index contributed by atoms with van der Waals surface area (Å²) in [5.41, 5.74) is 1.27. The van der Waals surface area contributed by atoms with Crippen LogP contribution >= 0.6 is 0 Å². The van der Waals surface area contributed by atoms with Gasteiger partial charge in [0.15, 0.2) is 0 Å². The van der Waals surface area contributed by atoms with Gasteiger partial charge in [-0.05, 0) is 59.2 Å². The molecule has 1 aliphatic rings. The number of carbonyl (C=O) groups excluding carboxylic acids is 2. The highest BCUT2D eigenvalue weighted by Gasteiger charge is 2.46. The molecule has 0 spiro atoms. The van der Waals surface area contributed by atoms with E-state index in [0.717, 1.165) is 10.8 Å². The molecule has 1 saturated heterocycles. The summed E-state index contributed by atoms with van der Waals surface area (Å²) in [6.45, 7) is 1.63. The highest BCUT2D eigenvalue weighted by molar-refractivity contribution is 6.46. The molecule has 1 amide bonds. The molecule has 1 fully saturated rings. The fourth-order valence-corrected chi connectivity index (χ4v) is 4.37. The number of nitrogens with zero attached hydrogens (tertiary/aromatic N) is 1. The zero-order valence-electron chi connectivity index (χ0n) is 17.8. The van der Waals surface area contributed by atoms with Crippen molar-refractivity contribution in [3.05, 3.63) is 113 Å². The lowest BCUT2D eigenvalue weighted by molar-refractivity contribution is -0.140. The van der Waals surface area contributed by atoms with Crippen LogP contribution in [0.5, 0.6) is 0 Å². The molecule has 1 aromatic heterocycles. The molecule has 2 heterocycles. The molecule has 5 nitrogen and oxygen atoms in total. The third-order valence-corrected chi connectivity index (χ3v) is 6.00. The molecule has 3 aromatic carbocycles. The molecular formula is C27H20FNO4. The van der Waals surface area contributed by atoms with Crippen molar-refractivity contribution >= 4 is 28.2 Å². The summed E-state index contributed by atoms with van der Waals surface area (Å²) < 4.78 is 19.3. The fourth-order valence-electron chi connectivity index (χ4n) is 4.37. The Morgan fingerprint density at radius 3 is 2.58 bits per heavy atom. The number of aryl methyl sites for hydroxylation is 1. The van der Waals surface area contributed by atoms with Crippen LogP contribution in [0, 0.1) is 12.7 Å². The largest absolute Gasteiger partial charge is 0.507 e. The minimum atomic E-state index is -0.841. The summed E-state index contributed by atoms with van der Waals surface area (Å²) in [7, 11) is 0. The van der Waals surface area contributed by atoms with Crippen molar-refractivity contribution in [2.75, 3.05) is 0 Å². The number of carbonyl (C=O) groups is 2. The number of aliphatic hydroxyl groups excluding tert-OH is 1. The number of hydrogen-bond donors (Lipinski definition) is 1. The number of aliphatic hydroxyl groups is 1. The van der Waals surface area contributed by atoms with E-state index in [4.69, 9.17) is 4.42 Å². The van der Waals surface area contributed by atoms with E-state index in [9.17, 15) is 19.1 Å². The number of halogens is 1. The summed E-state index contributed by atoms with van der Waals surface area (Å²) in [6.07, 6.45) is 1.50. The molecule has 1 atom stereocenters. The Hall–Kier alpha value is -4.19. The SMILES string of the molecule is Cc1cc(/C(O)=C2/C(=O)C(=O)N(Cc3ccco3)C2c2cccc3ccccc23)ccc1F. The number of benzene rings is 3. The standard InChI is InChI=1S/C27H20FNO4/c1-16-14-18(11-12-22(16)28)25(30)23-24(21-10-4-7-17-6-2-3-9-20(17)21)29(27(32)26(23)31)15-19-8-5-13-33-19/h2-14,24,30H,15H2,1H3/b25-23-. The van der Waals surface area contributed by atoms with Crippen LogP contribution in [0.1, 0.15) is 28.5 Å². The zero-order valence-corrected chi connectivity index (χ0v) is 17.8. The second-order valence-corrected chi connectivity index (χ2v) is 8.04. The molecule has 5 rings (SSSR count). The molecule has 1 unspecified atom stereocenters. The van der Waals surface area contributed by atoms with Gasteiger partial charge < -0.3 is 14.4 Å². The highest BCUT2D eigenvalue weighted by atomic mass is 19.1. The fraction of sp³-hybridized carbons (Fsp3) is 0.111. The molecule has 6 heteroatoms. The Morgan fingerprint density at radius 1 is 1.03 bits per heavy atom. The summed E-state index contributed by atoms with van der Waals surface area (Å²) in [5.74, 6) is -1.77. The van der Waals surface area contributed by atoms with E-state index in [2.05, 4.69) is 0 Å². The maximum atomic E-state index is 13.8. The van der Waals surface area contributed by atoms with Gasteiger partial charge in [0.05, 0.1) is 24.4 Å². The van der Waals surface area contributed by atoms with Crippen LogP contribution in [0.15, 0.2) is 89.0 Å². The molecule has 33 heavy (non-hydrogen) atoms. The van der Waals surface area contributed by atoms with Crippen molar-refractivity contribution in [3.8, 4) is 0 Å². The molecule has 164 valence electrons. The van der Waals surface area contributed by atoms with Crippen molar-refractivity contribution < 1.29 is 23.5 Å². The van der Waals surface area contributed by atoms with Crippen LogP contribution in [-0.4, -0.2) is 21.7 Å². The predicted octanol–water partition coefficient (Wildman–Crippen LogP) is 5.50. The van der Waals surface area contributed by atoms with Gasteiger partial charge in [-0.25, -0.2) is 4.39 Å². The normalized spacial score (nSPS) is 17.8. The third-order valence-electron chi connectivity index (χ3n) is 6.00. The minimum absolute atomic E-state index is 0.0334.